The summed E-state index contributed by atoms with van der Waals surface area (Å²) in [6, 6.07) is 11.4. The quantitative estimate of drug-likeness (QED) is 0.790. The molecule has 7 heteroatoms. The summed E-state index contributed by atoms with van der Waals surface area (Å²) in [6.45, 7) is -2.95. The Morgan fingerprint density at radius 3 is 2.50 bits per heavy atom. The normalized spacial score (nSPS) is 10.6. The van der Waals surface area contributed by atoms with Gasteiger partial charge in [-0.05, 0) is 35.9 Å². The fourth-order valence-electron chi connectivity index (χ4n) is 1.76. The van der Waals surface area contributed by atoms with Gasteiger partial charge >= 0.3 is 6.61 Å². The first kappa shape index (κ1) is 16.7. The lowest BCUT2D eigenvalue weighted by Crippen LogP contribution is -2.14. The average molecular weight is 391 g/mol. The van der Waals surface area contributed by atoms with Crippen LogP contribution in [-0.2, 0) is 11.2 Å². The zero-order valence-corrected chi connectivity index (χ0v) is 13.5. The van der Waals surface area contributed by atoms with Crippen molar-refractivity contribution in [2.24, 2.45) is 0 Å². The van der Waals surface area contributed by atoms with E-state index in [1.165, 1.54) is 18.2 Å². The van der Waals surface area contributed by atoms with Crippen LogP contribution in [0.2, 0.25) is 5.02 Å². The molecular formula is C15H11BrClF2NO2. The topological polar surface area (TPSA) is 38.3 Å². The predicted molar refractivity (Wildman–Crippen MR) is 84.6 cm³/mol. The Bertz CT molecular complexity index is 665. The minimum absolute atomic E-state index is 0.00161. The van der Waals surface area contributed by atoms with Crippen LogP contribution in [0.25, 0.3) is 0 Å². The van der Waals surface area contributed by atoms with Crippen LogP contribution in [0.5, 0.6) is 5.75 Å². The number of halogens is 4. The summed E-state index contributed by atoms with van der Waals surface area (Å²) in [6.07, 6.45) is 0.195. The molecule has 0 saturated heterocycles. The second-order valence-electron chi connectivity index (χ2n) is 4.38. The Balaban J connectivity index is 1.99. The number of anilines is 1. The molecule has 2 rings (SSSR count). The first-order valence-corrected chi connectivity index (χ1v) is 7.40. The van der Waals surface area contributed by atoms with Crippen LogP contribution in [-0.4, -0.2) is 12.5 Å². The lowest BCUT2D eigenvalue weighted by Gasteiger charge is -2.09. The SMILES string of the molecule is O=C(Cc1ccc(Br)cc1)Nc1ccc(OC(F)F)c(Cl)c1. The van der Waals surface area contributed by atoms with Crippen molar-refractivity contribution in [1.82, 2.24) is 0 Å². The van der Waals surface area contributed by atoms with Crippen molar-refractivity contribution < 1.29 is 18.3 Å². The van der Waals surface area contributed by atoms with Gasteiger partial charge < -0.3 is 10.1 Å². The van der Waals surface area contributed by atoms with Crippen LogP contribution < -0.4 is 10.1 Å². The fraction of sp³-hybridized carbons (Fsp3) is 0.133. The van der Waals surface area contributed by atoms with Gasteiger partial charge in [-0.1, -0.05) is 39.7 Å². The van der Waals surface area contributed by atoms with Crippen molar-refractivity contribution >= 4 is 39.1 Å². The van der Waals surface area contributed by atoms with E-state index in [4.69, 9.17) is 11.6 Å². The monoisotopic (exact) mass is 389 g/mol. The number of alkyl halides is 2. The van der Waals surface area contributed by atoms with Gasteiger partial charge in [0.05, 0.1) is 11.4 Å². The Hall–Kier alpha value is -1.66. The van der Waals surface area contributed by atoms with Crippen molar-refractivity contribution in [3.63, 3.8) is 0 Å². The predicted octanol–water partition coefficient (Wildman–Crippen LogP) is 4.89. The molecule has 0 saturated carbocycles. The second-order valence-corrected chi connectivity index (χ2v) is 5.70. The Kier molecular flexibility index (Phi) is 5.74. The van der Waals surface area contributed by atoms with Gasteiger partial charge in [-0.15, -0.1) is 0 Å². The van der Waals surface area contributed by atoms with Gasteiger partial charge in [0.15, 0.2) is 0 Å². The fourth-order valence-corrected chi connectivity index (χ4v) is 2.25. The molecule has 0 radical (unpaired) electrons. The van der Waals surface area contributed by atoms with Gasteiger partial charge in [0.1, 0.15) is 5.75 Å². The number of nitrogens with one attached hydrogen (secondary N) is 1. The van der Waals surface area contributed by atoms with E-state index in [0.717, 1.165) is 10.0 Å². The molecule has 116 valence electrons. The zero-order chi connectivity index (χ0) is 16.1. The number of hydrogen-bond donors (Lipinski definition) is 1. The molecule has 2 aromatic rings. The zero-order valence-electron chi connectivity index (χ0n) is 11.2. The van der Waals surface area contributed by atoms with Crippen LogP contribution >= 0.6 is 27.5 Å². The number of hydrogen-bond acceptors (Lipinski definition) is 2. The summed E-state index contributed by atoms with van der Waals surface area (Å²) in [5.41, 5.74) is 1.26. The van der Waals surface area contributed by atoms with Gasteiger partial charge in [0.2, 0.25) is 5.91 Å². The molecule has 0 atom stereocenters. The molecule has 0 aliphatic rings. The van der Waals surface area contributed by atoms with Crippen molar-refractivity contribution in [2.45, 2.75) is 13.0 Å². The van der Waals surface area contributed by atoms with Crippen LogP contribution in [0, 0.1) is 0 Å². The molecule has 0 aliphatic heterocycles. The second kappa shape index (κ2) is 7.56. The van der Waals surface area contributed by atoms with E-state index in [2.05, 4.69) is 26.0 Å². The van der Waals surface area contributed by atoms with E-state index in [0.29, 0.717) is 5.69 Å². The highest BCUT2D eigenvalue weighted by atomic mass is 79.9. The minimum Gasteiger partial charge on any atom is -0.433 e. The van der Waals surface area contributed by atoms with Crippen LogP contribution in [0.3, 0.4) is 0 Å². The van der Waals surface area contributed by atoms with Gasteiger partial charge in [0.25, 0.3) is 0 Å². The third-order valence-electron chi connectivity index (χ3n) is 2.71. The summed E-state index contributed by atoms with van der Waals surface area (Å²) in [5, 5.41) is 2.65. The largest absolute Gasteiger partial charge is 0.433 e. The summed E-state index contributed by atoms with van der Waals surface area (Å²) >= 11 is 9.14. The first-order valence-electron chi connectivity index (χ1n) is 6.22. The van der Waals surface area contributed by atoms with E-state index >= 15 is 0 Å². The maximum absolute atomic E-state index is 12.1. The summed E-state index contributed by atoms with van der Waals surface area (Å²) in [7, 11) is 0. The van der Waals surface area contributed by atoms with Crippen LogP contribution in [0.4, 0.5) is 14.5 Å². The minimum atomic E-state index is -2.95. The first-order chi connectivity index (χ1) is 10.4. The molecular weight excluding hydrogens is 380 g/mol. The highest BCUT2D eigenvalue weighted by molar-refractivity contribution is 9.10. The standard InChI is InChI=1S/C15H11BrClF2NO2/c16-10-3-1-9(2-4-10)7-14(21)20-11-5-6-13(12(17)8-11)22-15(18)19/h1-6,8,15H,7H2,(H,20,21). The van der Waals surface area contributed by atoms with Crippen molar-refractivity contribution in [2.75, 3.05) is 5.32 Å². The summed E-state index contributed by atoms with van der Waals surface area (Å²) in [4.78, 5) is 11.9. The van der Waals surface area contributed by atoms with Gasteiger partial charge in [-0.25, -0.2) is 0 Å². The Morgan fingerprint density at radius 1 is 1.23 bits per heavy atom. The number of benzene rings is 2. The molecule has 2 aromatic carbocycles. The smallest absolute Gasteiger partial charge is 0.387 e. The Labute approximate surface area is 139 Å². The van der Waals surface area contributed by atoms with Gasteiger partial charge in [-0.3, -0.25) is 4.79 Å². The number of ether oxygens (including phenoxy) is 1. The molecule has 0 heterocycles. The highest BCUT2D eigenvalue weighted by Crippen LogP contribution is 2.29. The van der Waals surface area contributed by atoms with E-state index in [-0.39, 0.29) is 23.1 Å². The molecule has 0 bridgehead atoms. The molecule has 0 aliphatic carbocycles. The van der Waals surface area contributed by atoms with Crippen molar-refractivity contribution in [1.29, 1.82) is 0 Å². The summed E-state index contributed by atoms with van der Waals surface area (Å²) < 4.78 is 29.4. The molecule has 1 amide bonds. The lowest BCUT2D eigenvalue weighted by molar-refractivity contribution is -0.115. The maximum atomic E-state index is 12.1. The third kappa shape index (κ3) is 4.96. The number of carbonyl (C=O) groups excluding carboxylic acids is 1. The van der Waals surface area contributed by atoms with Crippen molar-refractivity contribution in [3.05, 3.63) is 57.5 Å². The van der Waals surface area contributed by atoms with Crippen molar-refractivity contribution in [3.8, 4) is 5.75 Å². The van der Waals surface area contributed by atoms with Gasteiger partial charge in [0, 0.05) is 10.2 Å². The molecule has 1 N–H and O–H groups in total. The van der Waals surface area contributed by atoms with E-state index < -0.39 is 6.61 Å². The van der Waals surface area contributed by atoms with E-state index in [1.807, 2.05) is 24.3 Å². The van der Waals surface area contributed by atoms with Crippen LogP contribution in [0.15, 0.2) is 46.9 Å². The average Bonchev–Trinajstić information content (AvgIpc) is 2.44. The maximum Gasteiger partial charge on any atom is 0.387 e. The molecule has 0 spiro atoms. The number of amides is 1. The lowest BCUT2D eigenvalue weighted by atomic mass is 10.1. The number of rotatable bonds is 5. The van der Waals surface area contributed by atoms with E-state index in [1.54, 1.807) is 0 Å². The summed E-state index contributed by atoms with van der Waals surface area (Å²) in [5.74, 6) is -0.372. The molecule has 22 heavy (non-hydrogen) atoms. The van der Waals surface area contributed by atoms with Gasteiger partial charge in [-0.2, -0.15) is 8.78 Å². The highest BCUT2D eigenvalue weighted by Gasteiger charge is 2.10. The molecule has 3 nitrogen and oxygen atoms in total. The number of carbonyl (C=O) groups is 1. The third-order valence-corrected chi connectivity index (χ3v) is 3.53. The van der Waals surface area contributed by atoms with E-state index in [9.17, 15) is 13.6 Å². The Morgan fingerprint density at radius 2 is 1.91 bits per heavy atom. The molecule has 0 unspecified atom stereocenters. The molecule has 0 aromatic heterocycles. The van der Waals surface area contributed by atoms with Crippen LogP contribution in [0.1, 0.15) is 5.56 Å². The molecule has 0 fully saturated rings.